The SMILES string of the molecule is COc1ccc(OC)c(NC(=O)N2CCc3c(c(C(=O)N4CCCCC4)nn3C)C2)c1. The minimum atomic E-state index is -0.252. The zero-order chi connectivity index (χ0) is 22.0. The van der Waals surface area contributed by atoms with Gasteiger partial charge in [-0.05, 0) is 31.4 Å². The molecule has 2 aliphatic heterocycles. The van der Waals surface area contributed by atoms with Crippen LogP contribution in [0.3, 0.4) is 0 Å². The number of nitrogens with one attached hydrogen (secondary N) is 1. The minimum absolute atomic E-state index is 0.0340. The molecule has 2 aromatic rings. The number of likely N-dealkylation sites (tertiary alicyclic amines) is 1. The predicted molar refractivity (Wildman–Crippen MR) is 116 cm³/mol. The number of nitrogens with zero attached hydrogens (tertiary/aromatic N) is 4. The van der Waals surface area contributed by atoms with Crippen molar-refractivity contribution >= 4 is 17.6 Å². The number of amides is 3. The standard InChI is InChI=1S/C22H29N5O4/c1-25-18-9-12-27(22(29)23-17-13-15(30-2)7-8-19(17)31-3)14-16(18)20(24-25)21(28)26-10-5-4-6-11-26/h7-8,13H,4-6,9-12,14H2,1-3H3,(H,23,29). The first-order chi connectivity index (χ1) is 15.0. The van der Waals surface area contributed by atoms with Crippen molar-refractivity contribution in [3.8, 4) is 11.5 Å². The summed E-state index contributed by atoms with van der Waals surface area (Å²) < 4.78 is 12.4. The summed E-state index contributed by atoms with van der Waals surface area (Å²) in [6.07, 6.45) is 3.86. The number of piperidine rings is 1. The van der Waals surface area contributed by atoms with Crippen molar-refractivity contribution in [2.24, 2.45) is 7.05 Å². The van der Waals surface area contributed by atoms with E-state index in [4.69, 9.17) is 9.47 Å². The Bertz CT molecular complexity index is 981. The van der Waals surface area contributed by atoms with E-state index >= 15 is 0 Å². The van der Waals surface area contributed by atoms with E-state index in [9.17, 15) is 9.59 Å². The van der Waals surface area contributed by atoms with Gasteiger partial charge in [-0.1, -0.05) is 0 Å². The summed E-state index contributed by atoms with van der Waals surface area (Å²) in [6, 6.07) is 4.99. The number of methoxy groups -OCH3 is 2. The molecule has 3 amide bonds. The third kappa shape index (κ3) is 4.17. The lowest BCUT2D eigenvalue weighted by atomic mass is 10.0. The molecule has 0 unspecified atom stereocenters. The highest BCUT2D eigenvalue weighted by atomic mass is 16.5. The molecule has 3 heterocycles. The van der Waals surface area contributed by atoms with Crippen LogP contribution in [-0.2, 0) is 20.0 Å². The van der Waals surface area contributed by atoms with E-state index in [0.29, 0.717) is 42.4 Å². The van der Waals surface area contributed by atoms with Gasteiger partial charge >= 0.3 is 6.03 Å². The van der Waals surface area contributed by atoms with Crippen LogP contribution in [0, 0.1) is 0 Å². The summed E-state index contributed by atoms with van der Waals surface area (Å²) in [6.45, 7) is 2.42. The van der Waals surface area contributed by atoms with Crippen LogP contribution in [0.1, 0.15) is 41.0 Å². The zero-order valence-electron chi connectivity index (χ0n) is 18.3. The molecule has 0 bridgehead atoms. The number of aryl methyl sites for hydroxylation is 1. The molecule has 4 rings (SSSR count). The molecule has 9 heteroatoms. The molecule has 1 aromatic heterocycles. The number of benzene rings is 1. The quantitative estimate of drug-likeness (QED) is 0.810. The number of anilines is 1. The summed E-state index contributed by atoms with van der Waals surface area (Å²) in [4.78, 5) is 29.7. The first kappa shape index (κ1) is 21.0. The molecule has 1 aromatic carbocycles. The molecule has 0 aliphatic carbocycles. The van der Waals surface area contributed by atoms with Crippen molar-refractivity contribution in [1.82, 2.24) is 19.6 Å². The van der Waals surface area contributed by atoms with Gasteiger partial charge in [-0.15, -0.1) is 0 Å². The fourth-order valence-corrected chi connectivity index (χ4v) is 4.29. The van der Waals surface area contributed by atoms with Crippen LogP contribution >= 0.6 is 0 Å². The molecular weight excluding hydrogens is 398 g/mol. The third-order valence-corrected chi connectivity index (χ3v) is 6.02. The Hall–Kier alpha value is -3.23. The molecule has 1 fully saturated rings. The number of carbonyl (C=O) groups is 2. The lowest BCUT2D eigenvalue weighted by Crippen LogP contribution is -2.40. The van der Waals surface area contributed by atoms with Crippen molar-refractivity contribution in [2.45, 2.75) is 32.2 Å². The van der Waals surface area contributed by atoms with Gasteiger partial charge in [-0.3, -0.25) is 9.48 Å². The molecule has 31 heavy (non-hydrogen) atoms. The number of hydrogen-bond donors (Lipinski definition) is 1. The van der Waals surface area contributed by atoms with E-state index in [1.807, 2.05) is 11.9 Å². The fourth-order valence-electron chi connectivity index (χ4n) is 4.29. The first-order valence-electron chi connectivity index (χ1n) is 10.6. The van der Waals surface area contributed by atoms with E-state index in [-0.39, 0.29) is 11.9 Å². The maximum Gasteiger partial charge on any atom is 0.322 e. The highest BCUT2D eigenvalue weighted by Crippen LogP contribution is 2.30. The van der Waals surface area contributed by atoms with Gasteiger partial charge in [-0.25, -0.2) is 4.79 Å². The largest absolute Gasteiger partial charge is 0.497 e. The van der Waals surface area contributed by atoms with Crippen molar-refractivity contribution in [2.75, 3.05) is 39.2 Å². The lowest BCUT2D eigenvalue weighted by Gasteiger charge is -2.29. The Morgan fingerprint density at radius 1 is 1.03 bits per heavy atom. The normalized spacial score (nSPS) is 16.0. The molecule has 166 valence electrons. The maximum absolute atomic E-state index is 13.1. The van der Waals surface area contributed by atoms with Gasteiger partial charge in [0.1, 0.15) is 11.5 Å². The van der Waals surface area contributed by atoms with E-state index in [1.165, 1.54) is 0 Å². The van der Waals surface area contributed by atoms with Gasteiger partial charge in [0.05, 0.1) is 26.5 Å². The number of fused-ring (bicyclic) bond motifs is 1. The number of carbonyl (C=O) groups excluding carboxylic acids is 2. The molecule has 1 N–H and O–H groups in total. The summed E-state index contributed by atoms with van der Waals surface area (Å²) in [5.74, 6) is 1.14. The fraction of sp³-hybridized carbons (Fsp3) is 0.500. The first-order valence-corrected chi connectivity index (χ1v) is 10.6. The van der Waals surface area contributed by atoms with E-state index < -0.39 is 0 Å². The van der Waals surface area contributed by atoms with E-state index in [1.54, 1.807) is 42.0 Å². The Morgan fingerprint density at radius 2 is 1.81 bits per heavy atom. The van der Waals surface area contributed by atoms with E-state index in [2.05, 4.69) is 10.4 Å². The third-order valence-electron chi connectivity index (χ3n) is 6.02. The highest BCUT2D eigenvalue weighted by Gasteiger charge is 2.31. The van der Waals surface area contributed by atoms with Gasteiger partial charge in [0, 0.05) is 50.4 Å². The molecule has 0 radical (unpaired) electrons. The van der Waals surface area contributed by atoms with E-state index in [0.717, 1.165) is 43.6 Å². The second-order valence-corrected chi connectivity index (χ2v) is 7.92. The Kier molecular flexibility index (Phi) is 6.01. The number of hydrogen-bond acceptors (Lipinski definition) is 5. The molecular formula is C22H29N5O4. The van der Waals surface area contributed by atoms with Gasteiger partial charge in [0.25, 0.3) is 5.91 Å². The molecule has 9 nitrogen and oxygen atoms in total. The summed E-state index contributed by atoms with van der Waals surface area (Å²) in [7, 11) is 4.99. The average molecular weight is 428 g/mol. The van der Waals surface area contributed by atoms with Crippen LogP contribution in [-0.4, -0.2) is 65.4 Å². The number of aromatic nitrogens is 2. The number of urea groups is 1. The van der Waals surface area contributed by atoms with Crippen LogP contribution < -0.4 is 14.8 Å². The van der Waals surface area contributed by atoms with Crippen LogP contribution in [0.15, 0.2) is 18.2 Å². The lowest BCUT2D eigenvalue weighted by molar-refractivity contribution is 0.0715. The Labute approximate surface area is 181 Å². The van der Waals surface area contributed by atoms with Crippen molar-refractivity contribution in [1.29, 1.82) is 0 Å². The minimum Gasteiger partial charge on any atom is -0.497 e. The van der Waals surface area contributed by atoms with Crippen LogP contribution in [0.25, 0.3) is 0 Å². The van der Waals surface area contributed by atoms with Crippen LogP contribution in [0.4, 0.5) is 10.5 Å². The van der Waals surface area contributed by atoms with Gasteiger partial charge in [0.15, 0.2) is 5.69 Å². The molecule has 1 saturated heterocycles. The van der Waals surface area contributed by atoms with Crippen molar-refractivity contribution in [3.05, 3.63) is 35.2 Å². The summed E-state index contributed by atoms with van der Waals surface area (Å²) in [5.41, 5.74) is 2.87. The maximum atomic E-state index is 13.1. The molecule has 0 spiro atoms. The smallest absolute Gasteiger partial charge is 0.322 e. The summed E-state index contributed by atoms with van der Waals surface area (Å²) >= 11 is 0. The van der Waals surface area contributed by atoms with Crippen LogP contribution in [0.2, 0.25) is 0 Å². The monoisotopic (exact) mass is 427 g/mol. The van der Waals surface area contributed by atoms with Gasteiger partial charge < -0.3 is 24.6 Å². The molecule has 2 aliphatic rings. The van der Waals surface area contributed by atoms with Gasteiger partial charge in [-0.2, -0.15) is 5.10 Å². The molecule has 0 atom stereocenters. The Morgan fingerprint density at radius 3 is 2.52 bits per heavy atom. The average Bonchev–Trinajstić information content (AvgIpc) is 3.14. The number of rotatable bonds is 4. The van der Waals surface area contributed by atoms with Crippen LogP contribution in [0.5, 0.6) is 11.5 Å². The highest BCUT2D eigenvalue weighted by molar-refractivity contribution is 5.95. The second kappa shape index (κ2) is 8.87. The van der Waals surface area contributed by atoms with Gasteiger partial charge in [0.2, 0.25) is 0 Å². The Balaban J connectivity index is 1.53. The molecule has 0 saturated carbocycles. The topological polar surface area (TPSA) is 88.9 Å². The van der Waals surface area contributed by atoms with Crippen molar-refractivity contribution in [3.63, 3.8) is 0 Å². The van der Waals surface area contributed by atoms with Crippen molar-refractivity contribution < 1.29 is 19.1 Å². The predicted octanol–water partition coefficient (Wildman–Crippen LogP) is 2.65. The zero-order valence-corrected chi connectivity index (χ0v) is 18.3. The number of ether oxygens (including phenoxy) is 2. The second-order valence-electron chi connectivity index (χ2n) is 7.92. The summed E-state index contributed by atoms with van der Waals surface area (Å²) in [5, 5.41) is 7.44.